The molecule has 2 rings (SSSR count). The van der Waals surface area contributed by atoms with E-state index in [-0.39, 0.29) is 18.9 Å². The summed E-state index contributed by atoms with van der Waals surface area (Å²) in [5.74, 6) is 3.34. The molecular weight excluding hydrogens is 328 g/mol. The predicted molar refractivity (Wildman–Crippen MR) is 98.6 cm³/mol. The molecule has 0 radical (unpaired) electrons. The number of methoxy groups -OCH3 is 1. The lowest BCUT2D eigenvalue weighted by molar-refractivity contribution is -0.121. The summed E-state index contributed by atoms with van der Waals surface area (Å²) >= 11 is 0. The molecule has 2 aromatic carbocycles. The summed E-state index contributed by atoms with van der Waals surface area (Å²) in [6, 6.07) is 16.1. The zero-order valence-corrected chi connectivity index (χ0v) is 14.6. The van der Waals surface area contributed by atoms with Crippen LogP contribution in [0.3, 0.4) is 0 Å². The van der Waals surface area contributed by atoms with E-state index in [0.29, 0.717) is 17.9 Å². The number of aryl methyl sites for hydroxylation is 1. The smallest absolute Gasteiger partial charge is 0.221 e. The number of terminal acetylenes is 1. The Morgan fingerprint density at radius 2 is 2.00 bits per heavy atom. The molecule has 0 spiro atoms. The van der Waals surface area contributed by atoms with Crippen LogP contribution in [0.1, 0.15) is 23.6 Å². The SMILES string of the molecule is C#CCOc1ccc(CCC(=O)NC(C#N)c2ccccc2)cc1OC. The van der Waals surface area contributed by atoms with Gasteiger partial charge in [-0.05, 0) is 29.7 Å². The minimum Gasteiger partial charge on any atom is -0.493 e. The van der Waals surface area contributed by atoms with Crippen molar-refractivity contribution in [2.45, 2.75) is 18.9 Å². The van der Waals surface area contributed by atoms with Crippen LogP contribution in [0, 0.1) is 23.7 Å². The van der Waals surface area contributed by atoms with Gasteiger partial charge in [0.1, 0.15) is 12.6 Å². The van der Waals surface area contributed by atoms with Gasteiger partial charge in [0.25, 0.3) is 0 Å². The van der Waals surface area contributed by atoms with E-state index in [0.717, 1.165) is 11.1 Å². The maximum Gasteiger partial charge on any atom is 0.221 e. The van der Waals surface area contributed by atoms with Gasteiger partial charge in [-0.25, -0.2) is 0 Å². The number of rotatable bonds is 8. The monoisotopic (exact) mass is 348 g/mol. The van der Waals surface area contributed by atoms with E-state index in [1.807, 2.05) is 42.5 Å². The molecule has 0 bridgehead atoms. The third kappa shape index (κ3) is 5.29. The summed E-state index contributed by atoms with van der Waals surface area (Å²) < 4.78 is 10.7. The van der Waals surface area contributed by atoms with Crippen molar-refractivity contribution in [3.05, 3.63) is 59.7 Å². The average molecular weight is 348 g/mol. The first-order valence-electron chi connectivity index (χ1n) is 8.15. The molecule has 1 unspecified atom stereocenters. The standard InChI is InChI=1S/C21H20N2O3/c1-3-13-26-19-11-9-16(14-20(19)25-2)10-12-21(24)23-18(15-22)17-7-5-4-6-8-17/h1,4-9,11,14,18H,10,12-13H2,2H3,(H,23,24). The molecule has 0 saturated heterocycles. The van der Waals surface area contributed by atoms with Crippen LogP contribution in [-0.2, 0) is 11.2 Å². The molecule has 0 aromatic heterocycles. The number of nitrogens with zero attached hydrogens (tertiary/aromatic N) is 1. The number of ether oxygens (including phenoxy) is 2. The Morgan fingerprint density at radius 1 is 1.23 bits per heavy atom. The van der Waals surface area contributed by atoms with Gasteiger partial charge in [-0.15, -0.1) is 6.42 Å². The third-order valence-electron chi connectivity index (χ3n) is 3.75. The van der Waals surface area contributed by atoms with Crippen molar-refractivity contribution in [3.63, 3.8) is 0 Å². The van der Waals surface area contributed by atoms with Crippen LogP contribution >= 0.6 is 0 Å². The Bertz CT molecular complexity index is 819. The number of hydrogen-bond donors (Lipinski definition) is 1. The number of carbonyl (C=O) groups excluding carboxylic acids is 1. The van der Waals surface area contributed by atoms with Crippen molar-refractivity contribution < 1.29 is 14.3 Å². The molecular formula is C21H20N2O3. The third-order valence-corrected chi connectivity index (χ3v) is 3.75. The van der Waals surface area contributed by atoms with Crippen molar-refractivity contribution in [3.8, 4) is 29.9 Å². The van der Waals surface area contributed by atoms with Gasteiger partial charge in [0.2, 0.25) is 5.91 Å². The second-order valence-corrected chi connectivity index (χ2v) is 5.52. The topological polar surface area (TPSA) is 71.3 Å². The van der Waals surface area contributed by atoms with Crippen molar-refractivity contribution >= 4 is 5.91 Å². The fraction of sp³-hybridized carbons (Fsp3) is 0.238. The molecule has 1 amide bonds. The molecule has 0 aliphatic rings. The van der Waals surface area contributed by atoms with Crippen LogP contribution in [0.15, 0.2) is 48.5 Å². The van der Waals surface area contributed by atoms with Crippen LogP contribution < -0.4 is 14.8 Å². The summed E-state index contributed by atoms with van der Waals surface area (Å²) in [5, 5.41) is 12.0. The molecule has 0 aliphatic heterocycles. The zero-order chi connectivity index (χ0) is 18.8. The lowest BCUT2D eigenvalue weighted by Gasteiger charge is -2.13. The van der Waals surface area contributed by atoms with Crippen LogP contribution in [0.4, 0.5) is 0 Å². The Balaban J connectivity index is 1.94. The van der Waals surface area contributed by atoms with E-state index in [2.05, 4.69) is 17.3 Å². The highest BCUT2D eigenvalue weighted by atomic mass is 16.5. The number of benzene rings is 2. The van der Waals surface area contributed by atoms with E-state index < -0.39 is 6.04 Å². The summed E-state index contributed by atoms with van der Waals surface area (Å²) in [7, 11) is 1.55. The molecule has 0 saturated carbocycles. The normalized spacial score (nSPS) is 10.9. The zero-order valence-electron chi connectivity index (χ0n) is 14.6. The van der Waals surface area contributed by atoms with Crippen molar-refractivity contribution in [1.29, 1.82) is 5.26 Å². The van der Waals surface area contributed by atoms with Crippen molar-refractivity contribution in [2.75, 3.05) is 13.7 Å². The molecule has 26 heavy (non-hydrogen) atoms. The van der Waals surface area contributed by atoms with Gasteiger partial charge in [-0.1, -0.05) is 42.3 Å². The predicted octanol–water partition coefficient (Wildman–Crippen LogP) is 3.02. The molecule has 2 aromatic rings. The lowest BCUT2D eigenvalue weighted by Crippen LogP contribution is -2.27. The van der Waals surface area contributed by atoms with E-state index in [4.69, 9.17) is 15.9 Å². The molecule has 5 nitrogen and oxygen atoms in total. The Morgan fingerprint density at radius 3 is 2.65 bits per heavy atom. The average Bonchev–Trinajstić information content (AvgIpc) is 2.69. The quantitative estimate of drug-likeness (QED) is 0.745. The molecule has 1 atom stereocenters. The number of amides is 1. The second kappa shape index (κ2) is 9.76. The lowest BCUT2D eigenvalue weighted by atomic mass is 10.1. The minimum atomic E-state index is -0.655. The molecule has 132 valence electrons. The number of nitriles is 1. The maximum absolute atomic E-state index is 12.2. The highest BCUT2D eigenvalue weighted by Crippen LogP contribution is 2.28. The minimum absolute atomic E-state index is 0.160. The van der Waals surface area contributed by atoms with Gasteiger partial charge in [-0.3, -0.25) is 4.79 Å². The summed E-state index contributed by atoms with van der Waals surface area (Å²) in [6.07, 6.45) is 5.97. The molecule has 0 fully saturated rings. The number of nitrogens with one attached hydrogen (secondary N) is 1. The summed E-state index contributed by atoms with van der Waals surface area (Å²) in [5.41, 5.74) is 1.69. The van der Waals surface area contributed by atoms with E-state index >= 15 is 0 Å². The van der Waals surface area contributed by atoms with Crippen LogP contribution in [0.5, 0.6) is 11.5 Å². The van der Waals surface area contributed by atoms with Crippen molar-refractivity contribution in [2.24, 2.45) is 0 Å². The number of hydrogen-bond acceptors (Lipinski definition) is 4. The van der Waals surface area contributed by atoms with Gasteiger partial charge >= 0.3 is 0 Å². The Hall–Kier alpha value is -3.44. The molecule has 0 heterocycles. The summed E-state index contributed by atoms with van der Waals surface area (Å²) in [6.45, 7) is 0.160. The largest absolute Gasteiger partial charge is 0.493 e. The van der Waals surface area contributed by atoms with Gasteiger partial charge in [0, 0.05) is 6.42 Å². The van der Waals surface area contributed by atoms with Gasteiger partial charge in [0.15, 0.2) is 11.5 Å². The first kappa shape index (κ1) is 18.9. The van der Waals surface area contributed by atoms with Crippen LogP contribution in [0.25, 0.3) is 0 Å². The number of carbonyl (C=O) groups is 1. The highest BCUT2D eigenvalue weighted by Gasteiger charge is 2.14. The van der Waals surface area contributed by atoms with Crippen LogP contribution in [0.2, 0.25) is 0 Å². The highest BCUT2D eigenvalue weighted by molar-refractivity contribution is 5.77. The van der Waals surface area contributed by atoms with E-state index in [9.17, 15) is 10.1 Å². The molecule has 1 N–H and O–H groups in total. The Labute approximate surface area is 153 Å². The first-order chi connectivity index (χ1) is 12.7. The van der Waals surface area contributed by atoms with Gasteiger partial charge in [-0.2, -0.15) is 5.26 Å². The molecule has 0 aliphatic carbocycles. The van der Waals surface area contributed by atoms with E-state index in [1.165, 1.54) is 0 Å². The van der Waals surface area contributed by atoms with Gasteiger partial charge < -0.3 is 14.8 Å². The summed E-state index contributed by atoms with van der Waals surface area (Å²) in [4.78, 5) is 12.2. The fourth-order valence-electron chi connectivity index (χ4n) is 2.43. The Kier molecular flexibility index (Phi) is 7.09. The first-order valence-corrected chi connectivity index (χ1v) is 8.15. The molecule has 5 heteroatoms. The maximum atomic E-state index is 12.2. The van der Waals surface area contributed by atoms with Crippen LogP contribution in [-0.4, -0.2) is 19.6 Å². The second-order valence-electron chi connectivity index (χ2n) is 5.52. The van der Waals surface area contributed by atoms with E-state index in [1.54, 1.807) is 13.2 Å². The fourth-order valence-corrected chi connectivity index (χ4v) is 2.43. The van der Waals surface area contributed by atoms with Gasteiger partial charge in [0.05, 0.1) is 13.2 Å². The van der Waals surface area contributed by atoms with Crippen molar-refractivity contribution in [1.82, 2.24) is 5.32 Å².